The Hall–Kier alpha value is -1.55. The fourth-order valence-electron chi connectivity index (χ4n) is 3.40. The number of ether oxygens (including phenoxy) is 1. The molecule has 0 spiro atoms. The van der Waals surface area contributed by atoms with Gasteiger partial charge in [-0.1, -0.05) is 19.1 Å². The van der Waals surface area contributed by atoms with E-state index in [1.807, 2.05) is 12.1 Å². The molecule has 1 aromatic carbocycles. The quantitative estimate of drug-likeness (QED) is 0.895. The second kappa shape index (κ2) is 6.48. The number of hydrogen-bond acceptors (Lipinski definition) is 3. The van der Waals surface area contributed by atoms with Crippen LogP contribution in [-0.4, -0.2) is 31.7 Å². The Morgan fingerprint density at radius 1 is 1.48 bits per heavy atom. The lowest BCUT2D eigenvalue weighted by atomic mass is 9.98. The molecule has 1 saturated heterocycles. The third-order valence-electron chi connectivity index (χ3n) is 4.59. The summed E-state index contributed by atoms with van der Waals surface area (Å²) >= 11 is 0. The van der Waals surface area contributed by atoms with E-state index in [9.17, 15) is 4.79 Å². The molecule has 2 aliphatic rings. The molecule has 2 atom stereocenters. The van der Waals surface area contributed by atoms with Crippen molar-refractivity contribution in [2.75, 3.05) is 25.0 Å². The molecule has 0 aliphatic carbocycles. The Kier molecular flexibility index (Phi) is 4.44. The molecule has 1 amide bonds. The lowest BCUT2D eigenvalue weighted by Gasteiger charge is -2.22. The zero-order valence-electron chi connectivity index (χ0n) is 12.7. The molecule has 4 heteroatoms. The molecule has 4 nitrogen and oxygen atoms in total. The van der Waals surface area contributed by atoms with Gasteiger partial charge in [0.25, 0.3) is 5.91 Å². The number of benzene rings is 1. The number of rotatable bonds is 4. The van der Waals surface area contributed by atoms with Crippen molar-refractivity contribution in [3.63, 3.8) is 0 Å². The smallest absolute Gasteiger partial charge is 0.253 e. The Labute approximate surface area is 126 Å². The lowest BCUT2D eigenvalue weighted by molar-refractivity contribution is 0.0827. The van der Waals surface area contributed by atoms with Crippen LogP contribution in [0, 0.1) is 5.92 Å². The van der Waals surface area contributed by atoms with Gasteiger partial charge in [0.15, 0.2) is 0 Å². The van der Waals surface area contributed by atoms with Crippen molar-refractivity contribution < 1.29 is 9.53 Å². The van der Waals surface area contributed by atoms with Gasteiger partial charge in [0, 0.05) is 25.6 Å². The minimum atomic E-state index is 0.0306. The second-order valence-corrected chi connectivity index (χ2v) is 5.95. The zero-order chi connectivity index (χ0) is 14.7. The van der Waals surface area contributed by atoms with Crippen LogP contribution >= 0.6 is 0 Å². The van der Waals surface area contributed by atoms with Gasteiger partial charge in [0.2, 0.25) is 0 Å². The van der Waals surface area contributed by atoms with E-state index < -0.39 is 0 Å². The number of carbonyl (C=O) groups excluding carboxylic acids is 1. The molecule has 0 saturated carbocycles. The monoisotopic (exact) mass is 288 g/mol. The average molecular weight is 288 g/mol. The molecular formula is C17H24N2O2. The van der Waals surface area contributed by atoms with Crippen molar-refractivity contribution in [1.29, 1.82) is 0 Å². The van der Waals surface area contributed by atoms with E-state index in [1.165, 1.54) is 5.56 Å². The molecule has 1 fully saturated rings. The summed E-state index contributed by atoms with van der Waals surface area (Å²) in [6, 6.07) is 6.00. The maximum atomic E-state index is 12.5. The second-order valence-electron chi connectivity index (χ2n) is 5.95. The lowest BCUT2D eigenvalue weighted by Crippen LogP contribution is -2.33. The van der Waals surface area contributed by atoms with Gasteiger partial charge in [-0.15, -0.1) is 0 Å². The highest BCUT2D eigenvalue weighted by Crippen LogP contribution is 2.26. The van der Waals surface area contributed by atoms with Gasteiger partial charge in [0.1, 0.15) is 0 Å². The number of hydrogen-bond donors (Lipinski definition) is 2. The van der Waals surface area contributed by atoms with Gasteiger partial charge >= 0.3 is 0 Å². The van der Waals surface area contributed by atoms with Gasteiger partial charge < -0.3 is 15.4 Å². The van der Waals surface area contributed by atoms with Crippen LogP contribution in [0.25, 0.3) is 0 Å². The van der Waals surface area contributed by atoms with Crippen LogP contribution < -0.4 is 10.6 Å². The standard InChI is InChI=1S/C17H24N2O2/c1-2-15-13(8-10-21-15)11-19-17(20)14-7-3-5-12-6-4-9-18-16(12)14/h3,5,7,13,15,18H,2,4,6,8-11H2,1H3,(H,19,20). The highest BCUT2D eigenvalue weighted by Gasteiger charge is 2.27. The third kappa shape index (κ3) is 3.05. The Bertz CT molecular complexity index is 516. The zero-order valence-corrected chi connectivity index (χ0v) is 12.7. The molecule has 0 aromatic heterocycles. The summed E-state index contributed by atoms with van der Waals surface area (Å²) in [5.41, 5.74) is 3.06. The van der Waals surface area contributed by atoms with Crippen LogP contribution in [0.4, 0.5) is 5.69 Å². The number of fused-ring (bicyclic) bond motifs is 1. The maximum absolute atomic E-state index is 12.5. The minimum Gasteiger partial charge on any atom is -0.384 e. The van der Waals surface area contributed by atoms with E-state index in [2.05, 4.69) is 23.6 Å². The van der Waals surface area contributed by atoms with Crippen LogP contribution in [0.2, 0.25) is 0 Å². The molecule has 2 unspecified atom stereocenters. The number of anilines is 1. The number of nitrogens with one attached hydrogen (secondary N) is 2. The summed E-state index contributed by atoms with van der Waals surface area (Å²) in [7, 11) is 0. The Morgan fingerprint density at radius 2 is 2.38 bits per heavy atom. The summed E-state index contributed by atoms with van der Waals surface area (Å²) < 4.78 is 5.68. The minimum absolute atomic E-state index is 0.0306. The molecule has 114 valence electrons. The van der Waals surface area contributed by atoms with E-state index in [1.54, 1.807) is 0 Å². The van der Waals surface area contributed by atoms with Gasteiger partial charge in [-0.3, -0.25) is 4.79 Å². The molecule has 0 bridgehead atoms. The van der Waals surface area contributed by atoms with Crippen molar-refractivity contribution in [2.45, 2.75) is 38.7 Å². The predicted octanol–water partition coefficient (Wildman–Crippen LogP) is 2.59. The first-order valence-corrected chi connectivity index (χ1v) is 8.05. The molecule has 2 aliphatic heterocycles. The molecule has 21 heavy (non-hydrogen) atoms. The summed E-state index contributed by atoms with van der Waals surface area (Å²) in [5.74, 6) is 0.481. The normalized spacial score (nSPS) is 24.2. The van der Waals surface area contributed by atoms with Crippen molar-refractivity contribution >= 4 is 11.6 Å². The first-order chi connectivity index (χ1) is 10.3. The van der Waals surface area contributed by atoms with E-state index in [-0.39, 0.29) is 5.91 Å². The molecule has 0 radical (unpaired) electrons. The number of para-hydroxylation sites is 1. The number of carbonyl (C=O) groups is 1. The maximum Gasteiger partial charge on any atom is 0.253 e. The van der Waals surface area contributed by atoms with Crippen LogP contribution in [0.3, 0.4) is 0 Å². The van der Waals surface area contributed by atoms with Gasteiger partial charge in [-0.05, 0) is 37.3 Å². The van der Waals surface area contributed by atoms with Crippen LogP contribution in [-0.2, 0) is 11.2 Å². The summed E-state index contributed by atoms with van der Waals surface area (Å²) in [4.78, 5) is 12.5. The largest absolute Gasteiger partial charge is 0.384 e. The van der Waals surface area contributed by atoms with E-state index in [4.69, 9.17) is 4.74 Å². The molecule has 1 aromatic rings. The Balaban J connectivity index is 1.66. The van der Waals surface area contributed by atoms with E-state index in [0.29, 0.717) is 18.6 Å². The highest BCUT2D eigenvalue weighted by molar-refractivity contribution is 6.00. The molecule has 3 rings (SSSR count). The summed E-state index contributed by atoms with van der Waals surface area (Å²) in [5, 5.41) is 6.47. The summed E-state index contributed by atoms with van der Waals surface area (Å²) in [6.45, 7) is 4.62. The number of aryl methyl sites for hydroxylation is 1. The summed E-state index contributed by atoms with van der Waals surface area (Å²) in [6.07, 6.45) is 4.55. The molecule has 2 heterocycles. The van der Waals surface area contributed by atoms with E-state index in [0.717, 1.165) is 50.1 Å². The first-order valence-electron chi connectivity index (χ1n) is 8.05. The van der Waals surface area contributed by atoms with Crippen LogP contribution in [0.1, 0.15) is 42.1 Å². The van der Waals surface area contributed by atoms with E-state index >= 15 is 0 Å². The van der Waals surface area contributed by atoms with Gasteiger partial charge in [-0.2, -0.15) is 0 Å². The van der Waals surface area contributed by atoms with Crippen molar-refractivity contribution in [1.82, 2.24) is 5.32 Å². The van der Waals surface area contributed by atoms with Crippen molar-refractivity contribution in [3.05, 3.63) is 29.3 Å². The highest BCUT2D eigenvalue weighted by atomic mass is 16.5. The third-order valence-corrected chi connectivity index (χ3v) is 4.59. The fourth-order valence-corrected chi connectivity index (χ4v) is 3.40. The van der Waals surface area contributed by atoms with Gasteiger partial charge in [0.05, 0.1) is 17.4 Å². The average Bonchev–Trinajstić information content (AvgIpc) is 2.99. The van der Waals surface area contributed by atoms with Crippen molar-refractivity contribution in [2.24, 2.45) is 5.92 Å². The molecule has 2 N–H and O–H groups in total. The number of amides is 1. The van der Waals surface area contributed by atoms with Crippen LogP contribution in [0.5, 0.6) is 0 Å². The SMILES string of the molecule is CCC1OCCC1CNC(=O)c1cccc2c1NCCC2. The fraction of sp³-hybridized carbons (Fsp3) is 0.588. The molecular weight excluding hydrogens is 264 g/mol. The van der Waals surface area contributed by atoms with Crippen LogP contribution in [0.15, 0.2) is 18.2 Å². The van der Waals surface area contributed by atoms with Gasteiger partial charge in [-0.25, -0.2) is 0 Å². The van der Waals surface area contributed by atoms with Crippen molar-refractivity contribution in [3.8, 4) is 0 Å². The first kappa shape index (κ1) is 14.4. The Morgan fingerprint density at radius 3 is 3.24 bits per heavy atom. The topological polar surface area (TPSA) is 50.4 Å². The predicted molar refractivity (Wildman–Crippen MR) is 83.7 cm³/mol.